The molecule has 0 saturated heterocycles. The quantitative estimate of drug-likeness (QED) is 0.483. The van der Waals surface area contributed by atoms with Crippen LogP contribution >= 0.6 is 0 Å². The van der Waals surface area contributed by atoms with Crippen LogP contribution in [0.2, 0.25) is 0 Å². The number of hydrogen-bond donors (Lipinski definition) is 1. The number of carbonyl (C=O) groups is 1. The second kappa shape index (κ2) is 9.19. The summed E-state index contributed by atoms with van der Waals surface area (Å²) in [5.74, 6) is -0.833. The van der Waals surface area contributed by atoms with Gasteiger partial charge in [0.1, 0.15) is 0 Å². The van der Waals surface area contributed by atoms with E-state index in [1.807, 2.05) is 0 Å². The Morgan fingerprint density at radius 3 is 1.35 bits per heavy atom. The topological polar surface area (TPSA) is 124 Å². The number of benzene rings is 1. The third-order valence-corrected chi connectivity index (χ3v) is 1.27. The Balaban J connectivity index is 0. The van der Waals surface area contributed by atoms with Crippen molar-refractivity contribution >= 4 is 68.7 Å². The van der Waals surface area contributed by atoms with E-state index in [0.717, 1.165) is 31.2 Å². The van der Waals surface area contributed by atoms with Crippen molar-refractivity contribution < 1.29 is 19.7 Å². The van der Waals surface area contributed by atoms with Crippen LogP contribution in [-0.4, -0.2) is 72.3 Å². The van der Waals surface area contributed by atoms with E-state index < -0.39 is 15.8 Å². The van der Waals surface area contributed by atoms with Crippen molar-refractivity contribution in [3.63, 3.8) is 0 Å². The summed E-state index contributed by atoms with van der Waals surface area (Å²) in [5, 5.41) is 27.7. The zero-order valence-corrected chi connectivity index (χ0v) is 8.19. The van der Waals surface area contributed by atoms with E-state index in [9.17, 15) is 20.2 Å². The van der Waals surface area contributed by atoms with Gasteiger partial charge < -0.3 is 5.11 Å². The number of nitro groups is 2. The van der Waals surface area contributed by atoms with Crippen LogP contribution in [0.25, 0.3) is 0 Å². The Hall–Kier alpha value is -0.874. The molecule has 0 atom stereocenters. The van der Waals surface area contributed by atoms with Crippen molar-refractivity contribution in [3.8, 4) is 0 Å². The van der Waals surface area contributed by atoms with Gasteiger partial charge in [-0.3, -0.25) is 25.0 Å². The number of hydrogen-bond acceptors (Lipinski definition) is 5. The normalized spacial score (nSPS) is 8.06. The molecule has 0 amide bonds. The Labute approximate surface area is 138 Å². The molecule has 1 aromatic rings. The predicted molar refractivity (Wildman–Crippen MR) is 60.2 cm³/mol. The summed E-state index contributed by atoms with van der Waals surface area (Å²) in [6.07, 6.45) is 0. The Kier molecular flexibility index (Phi) is 9.99. The number of nitrogens with zero attached hydrogens (tertiary/aromatic N) is 2. The van der Waals surface area contributed by atoms with Crippen molar-refractivity contribution in [1.29, 1.82) is 0 Å². The fourth-order valence-electron chi connectivity index (χ4n) is 0.696. The zero-order valence-electron chi connectivity index (χ0n) is 8.19. The molecule has 0 spiro atoms. The first kappa shape index (κ1) is 18.5. The van der Waals surface area contributed by atoms with Crippen LogP contribution in [0.1, 0.15) is 6.92 Å². The molecule has 1 rings (SSSR count). The number of nitro benzene ring substituents is 2. The minimum atomic E-state index is -0.833. The number of non-ortho nitro benzene ring substituents is 2. The van der Waals surface area contributed by atoms with E-state index in [0.29, 0.717) is 0 Å². The van der Waals surface area contributed by atoms with Crippen LogP contribution in [0, 0.1) is 20.2 Å². The maximum atomic E-state index is 10.1. The molecule has 0 heterocycles. The van der Waals surface area contributed by atoms with Crippen LogP contribution < -0.4 is 0 Å². The monoisotopic (exact) mass is 268 g/mol. The van der Waals surface area contributed by atoms with E-state index in [4.69, 9.17) is 9.90 Å². The first-order chi connectivity index (χ1) is 7.34. The van der Waals surface area contributed by atoms with Crippen molar-refractivity contribution in [2.75, 3.05) is 0 Å². The number of rotatable bonds is 2. The Morgan fingerprint density at radius 1 is 1.06 bits per heavy atom. The third-order valence-electron chi connectivity index (χ3n) is 1.27. The van der Waals surface area contributed by atoms with Crippen LogP contribution in [0.4, 0.5) is 11.4 Å². The second-order valence-electron chi connectivity index (χ2n) is 2.55. The molecule has 9 heteroatoms. The van der Waals surface area contributed by atoms with Gasteiger partial charge in [0.25, 0.3) is 17.3 Å². The molecule has 0 fully saturated rings. The molecule has 8 nitrogen and oxygen atoms in total. The Morgan fingerprint density at radius 2 is 1.24 bits per heavy atom. The third kappa shape index (κ3) is 8.89. The summed E-state index contributed by atoms with van der Waals surface area (Å²) in [5.41, 5.74) is -0.304. The summed E-state index contributed by atoms with van der Waals surface area (Å²) >= 11 is 0. The van der Waals surface area contributed by atoms with Crippen LogP contribution in [0.5, 0.6) is 0 Å². The van der Waals surface area contributed by atoms with Gasteiger partial charge in [0.05, 0.1) is 9.85 Å². The molecule has 0 aliphatic carbocycles. The average molecular weight is 268 g/mol. The van der Waals surface area contributed by atoms with Crippen molar-refractivity contribution in [2.24, 2.45) is 0 Å². The molecule has 1 aromatic carbocycles. The predicted octanol–water partition coefficient (Wildman–Crippen LogP) is 0.945. The van der Waals surface area contributed by atoms with Gasteiger partial charge in [0, 0.05) is 31.2 Å². The van der Waals surface area contributed by atoms with Gasteiger partial charge in [-0.2, -0.15) is 0 Å². The van der Waals surface area contributed by atoms with E-state index in [1.54, 1.807) is 0 Å². The molecule has 88 valence electrons. The van der Waals surface area contributed by atoms with Gasteiger partial charge in [-0.15, -0.1) is 0 Å². The number of carboxylic acids is 1. The average Bonchev–Trinajstić information content (AvgIpc) is 2.17. The molecule has 0 bridgehead atoms. The SMILES string of the molecule is CC(=O)O.O=[N+]([O-])c1ccc([N+](=O)[O-])cc1.[KH]. The van der Waals surface area contributed by atoms with Crippen LogP contribution in [-0.2, 0) is 4.79 Å². The van der Waals surface area contributed by atoms with E-state index in [-0.39, 0.29) is 62.8 Å². The van der Waals surface area contributed by atoms with Crippen molar-refractivity contribution in [3.05, 3.63) is 44.5 Å². The molecule has 0 aliphatic heterocycles. The summed E-state index contributed by atoms with van der Waals surface area (Å²) in [7, 11) is 0. The van der Waals surface area contributed by atoms with Crippen LogP contribution in [0.15, 0.2) is 24.3 Å². The summed E-state index contributed by atoms with van der Waals surface area (Å²) in [6.45, 7) is 1.08. The number of aliphatic carboxylic acids is 1. The van der Waals surface area contributed by atoms with E-state index in [1.165, 1.54) is 0 Å². The Bertz CT molecular complexity index is 368. The molecule has 0 radical (unpaired) electrons. The summed E-state index contributed by atoms with van der Waals surface area (Å²) in [6, 6.07) is 4.38. The standard InChI is InChI=1S/C6H4N2O4.C2H4O2.K.H/c9-7(10)5-1-2-6(4-3-5)8(11)12;1-2(3)4;;/h1-4H;1H3,(H,3,4);;. The molecular weight excluding hydrogens is 259 g/mol. The first-order valence-electron chi connectivity index (χ1n) is 3.93. The van der Waals surface area contributed by atoms with Gasteiger partial charge in [-0.05, 0) is 0 Å². The van der Waals surface area contributed by atoms with Crippen molar-refractivity contribution in [2.45, 2.75) is 6.92 Å². The van der Waals surface area contributed by atoms with Gasteiger partial charge in [-0.25, -0.2) is 0 Å². The fraction of sp³-hybridized carbons (Fsp3) is 0.125. The van der Waals surface area contributed by atoms with Gasteiger partial charge in [-0.1, -0.05) is 0 Å². The van der Waals surface area contributed by atoms with Gasteiger partial charge >= 0.3 is 51.4 Å². The maximum absolute atomic E-state index is 10.1. The van der Waals surface area contributed by atoms with E-state index in [2.05, 4.69) is 0 Å². The second-order valence-corrected chi connectivity index (χ2v) is 2.55. The van der Waals surface area contributed by atoms with Crippen molar-refractivity contribution in [1.82, 2.24) is 0 Å². The molecule has 17 heavy (non-hydrogen) atoms. The van der Waals surface area contributed by atoms with Gasteiger partial charge in [0.2, 0.25) is 0 Å². The fourth-order valence-corrected chi connectivity index (χ4v) is 0.696. The summed E-state index contributed by atoms with van der Waals surface area (Å²) in [4.78, 5) is 28.0. The van der Waals surface area contributed by atoms with Gasteiger partial charge in [0.15, 0.2) is 0 Å². The zero-order chi connectivity index (χ0) is 12.7. The van der Waals surface area contributed by atoms with E-state index >= 15 is 0 Å². The molecule has 1 N–H and O–H groups in total. The molecular formula is C8H9KN2O6. The summed E-state index contributed by atoms with van der Waals surface area (Å²) < 4.78 is 0. The molecule has 0 unspecified atom stereocenters. The molecule has 0 aliphatic rings. The number of carboxylic acid groups (broad SMARTS) is 1. The molecule has 0 saturated carbocycles. The molecule has 0 aromatic heterocycles. The van der Waals surface area contributed by atoms with Crippen LogP contribution in [0.3, 0.4) is 0 Å². The first-order valence-corrected chi connectivity index (χ1v) is 3.93. The minimum absolute atomic E-state index is 0.